The number of carboxylic acid groups (broad SMARTS) is 1. The molecule has 1 aliphatic carbocycles. The molecule has 4 nitrogen and oxygen atoms in total. The van der Waals surface area contributed by atoms with Crippen LogP contribution in [-0.4, -0.2) is 23.8 Å². The minimum absolute atomic E-state index is 0.134. The van der Waals surface area contributed by atoms with E-state index in [-0.39, 0.29) is 11.5 Å². The molecule has 1 N–H and O–H groups in total. The third-order valence-electron chi connectivity index (χ3n) is 6.18. The molecule has 0 fully saturated rings. The summed E-state index contributed by atoms with van der Waals surface area (Å²) in [7, 11) is 1.58. The molecular weight excluding hydrogens is 340 g/mol. The van der Waals surface area contributed by atoms with Crippen molar-refractivity contribution in [1.29, 1.82) is 0 Å². The molecule has 4 heteroatoms. The Morgan fingerprint density at radius 1 is 1.37 bits per heavy atom. The van der Waals surface area contributed by atoms with Crippen LogP contribution in [0.4, 0.5) is 0 Å². The second kappa shape index (κ2) is 7.57. The van der Waals surface area contributed by atoms with Gasteiger partial charge in [0.2, 0.25) is 0 Å². The highest BCUT2D eigenvalue weighted by Gasteiger charge is 2.46. The maximum atomic E-state index is 12.1. The van der Waals surface area contributed by atoms with Crippen molar-refractivity contribution in [3.8, 4) is 11.5 Å². The summed E-state index contributed by atoms with van der Waals surface area (Å²) in [6.07, 6.45) is 8.27. The number of hydrogen-bond acceptors (Lipinski definition) is 3. The van der Waals surface area contributed by atoms with Crippen LogP contribution < -0.4 is 9.47 Å². The summed E-state index contributed by atoms with van der Waals surface area (Å²) in [6, 6.07) is 1.96. The summed E-state index contributed by atoms with van der Waals surface area (Å²) in [5.74, 6) is 0.813. The second-order valence-corrected chi connectivity index (χ2v) is 8.51. The molecule has 1 aliphatic heterocycles. The Balaban J connectivity index is 2.20. The van der Waals surface area contributed by atoms with Gasteiger partial charge in [-0.05, 0) is 58.1 Å². The fourth-order valence-corrected chi connectivity index (χ4v) is 4.80. The summed E-state index contributed by atoms with van der Waals surface area (Å²) in [5.41, 5.74) is 3.11. The molecule has 0 saturated heterocycles. The number of methoxy groups -OCH3 is 1. The highest BCUT2D eigenvalue weighted by atomic mass is 16.5. The first-order valence-electron chi connectivity index (χ1n) is 10.1. The van der Waals surface area contributed by atoms with E-state index in [4.69, 9.17) is 9.47 Å². The minimum atomic E-state index is -0.918. The fourth-order valence-electron chi connectivity index (χ4n) is 4.80. The Morgan fingerprint density at radius 2 is 2.11 bits per heavy atom. The highest BCUT2D eigenvalue weighted by molar-refractivity contribution is 5.94. The summed E-state index contributed by atoms with van der Waals surface area (Å²) in [6.45, 7) is 8.60. The van der Waals surface area contributed by atoms with Crippen LogP contribution in [0.15, 0.2) is 17.7 Å². The molecule has 0 aromatic heterocycles. The van der Waals surface area contributed by atoms with Gasteiger partial charge in [-0.1, -0.05) is 31.4 Å². The van der Waals surface area contributed by atoms with Crippen molar-refractivity contribution in [2.45, 2.75) is 77.7 Å². The van der Waals surface area contributed by atoms with Gasteiger partial charge in [0.15, 0.2) is 0 Å². The first-order valence-corrected chi connectivity index (χ1v) is 10.1. The number of benzene rings is 1. The summed E-state index contributed by atoms with van der Waals surface area (Å²) >= 11 is 0. The van der Waals surface area contributed by atoms with Gasteiger partial charge in [-0.25, -0.2) is 4.79 Å². The lowest BCUT2D eigenvalue weighted by molar-refractivity contribution is 0.0106. The quantitative estimate of drug-likeness (QED) is 0.511. The number of fused-ring (bicyclic) bond motifs is 3. The van der Waals surface area contributed by atoms with Crippen molar-refractivity contribution in [1.82, 2.24) is 0 Å². The summed E-state index contributed by atoms with van der Waals surface area (Å²) in [5, 5.41) is 9.95. The van der Waals surface area contributed by atoms with Crippen molar-refractivity contribution in [3.05, 3.63) is 34.4 Å². The van der Waals surface area contributed by atoms with Crippen LogP contribution in [0, 0.1) is 5.92 Å². The largest absolute Gasteiger partial charge is 0.495 e. The summed E-state index contributed by atoms with van der Waals surface area (Å²) in [4.78, 5) is 12.1. The van der Waals surface area contributed by atoms with Gasteiger partial charge >= 0.3 is 5.97 Å². The topological polar surface area (TPSA) is 55.8 Å². The maximum absolute atomic E-state index is 12.1. The lowest BCUT2D eigenvalue weighted by atomic mass is 9.67. The SMILES string of the molecule is CCCCCc1cc2c(c(OC)c1C(=O)O)C1C=C(C)CCC1C(C)(C)O2. The van der Waals surface area contributed by atoms with Crippen LogP contribution >= 0.6 is 0 Å². The van der Waals surface area contributed by atoms with E-state index in [1.807, 2.05) is 6.07 Å². The Hall–Kier alpha value is -1.97. The van der Waals surface area contributed by atoms with E-state index in [0.29, 0.717) is 17.2 Å². The molecule has 1 heterocycles. The van der Waals surface area contributed by atoms with Gasteiger partial charge in [-0.15, -0.1) is 0 Å². The van der Waals surface area contributed by atoms with E-state index in [0.717, 1.165) is 55.4 Å². The number of carbonyl (C=O) groups is 1. The van der Waals surface area contributed by atoms with Crippen LogP contribution in [0.3, 0.4) is 0 Å². The molecule has 0 saturated carbocycles. The fraction of sp³-hybridized carbons (Fsp3) is 0.609. The average Bonchev–Trinajstić information content (AvgIpc) is 2.59. The molecule has 2 aliphatic rings. The lowest BCUT2D eigenvalue weighted by Crippen LogP contribution is -2.45. The molecule has 2 unspecified atom stereocenters. The molecule has 148 valence electrons. The van der Waals surface area contributed by atoms with Gasteiger partial charge in [-0.3, -0.25) is 0 Å². The molecule has 27 heavy (non-hydrogen) atoms. The first kappa shape index (κ1) is 19.8. The molecule has 0 radical (unpaired) electrons. The monoisotopic (exact) mass is 372 g/mol. The normalized spacial score (nSPS) is 22.9. The van der Waals surface area contributed by atoms with Crippen molar-refractivity contribution in [3.63, 3.8) is 0 Å². The van der Waals surface area contributed by atoms with Crippen LogP contribution in [-0.2, 0) is 6.42 Å². The van der Waals surface area contributed by atoms with Gasteiger partial charge in [0.25, 0.3) is 0 Å². The first-order chi connectivity index (χ1) is 12.8. The zero-order chi connectivity index (χ0) is 19.8. The third-order valence-corrected chi connectivity index (χ3v) is 6.18. The molecule has 1 aromatic rings. The van der Waals surface area contributed by atoms with E-state index in [9.17, 15) is 9.90 Å². The van der Waals surface area contributed by atoms with Crippen molar-refractivity contribution in [2.75, 3.05) is 7.11 Å². The van der Waals surface area contributed by atoms with E-state index < -0.39 is 5.97 Å². The van der Waals surface area contributed by atoms with Gasteiger partial charge in [0, 0.05) is 17.4 Å². The average molecular weight is 373 g/mol. The zero-order valence-electron chi connectivity index (χ0n) is 17.2. The number of aryl methyl sites for hydroxylation is 1. The minimum Gasteiger partial charge on any atom is -0.495 e. The van der Waals surface area contributed by atoms with E-state index in [1.54, 1.807) is 7.11 Å². The number of carboxylic acids is 1. The number of aromatic carboxylic acids is 1. The standard InChI is InChI=1S/C23H32O4/c1-6-7-8-9-15-13-18-20(21(26-5)19(15)22(24)25)16-12-14(2)10-11-17(16)23(3,4)27-18/h12-13,16-17H,6-11H2,1-5H3,(H,24,25). The molecule has 0 amide bonds. The second-order valence-electron chi connectivity index (χ2n) is 8.51. The van der Waals surface area contributed by atoms with E-state index >= 15 is 0 Å². The highest BCUT2D eigenvalue weighted by Crippen LogP contribution is 2.54. The molecule has 0 bridgehead atoms. The Kier molecular flexibility index (Phi) is 5.55. The van der Waals surface area contributed by atoms with Crippen molar-refractivity contribution < 1.29 is 19.4 Å². The Morgan fingerprint density at radius 3 is 2.74 bits per heavy atom. The number of hydrogen-bond donors (Lipinski definition) is 1. The van der Waals surface area contributed by atoms with Gasteiger partial charge in [0.1, 0.15) is 22.7 Å². The molecule has 2 atom stereocenters. The van der Waals surface area contributed by atoms with E-state index in [2.05, 4.69) is 33.8 Å². The van der Waals surface area contributed by atoms with Crippen molar-refractivity contribution >= 4 is 5.97 Å². The molecule has 3 rings (SSSR count). The lowest BCUT2D eigenvalue weighted by Gasteiger charge is -2.47. The van der Waals surface area contributed by atoms with Crippen LogP contribution in [0.2, 0.25) is 0 Å². The Labute approximate surface area is 162 Å². The van der Waals surface area contributed by atoms with Crippen molar-refractivity contribution in [2.24, 2.45) is 5.92 Å². The molecule has 1 aromatic carbocycles. The number of unbranched alkanes of at least 4 members (excludes halogenated alkanes) is 2. The van der Waals surface area contributed by atoms with Gasteiger partial charge in [0.05, 0.1) is 7.11 Å². The maximum Gasteiger partial charge on any atom is 0.339 e. The number of rotatable bonds is 6. The van der Waals surface area contributed by atoms with Crippen LogP contribution in [0.1, 0.15) is 87.2 Å². The van der Waals surface area contributed by atoms with Crippen LogP contribution in [0.5, 0.6) is 11.5 Å². The smallest absolute Gasteiger partial charge is 0.339 e. The molecular formula is C23H32O4. The Bertz CT molecular complexity index is 760. The van der Waals surface area contributed by atoms with Gasteiger partial charge < -0.3 is 14.6 Å². The number of allylic oxidation sites excluding steroid dienone is 2. The van der Waals surface area contributed by atoms with Crippen LogP contribution in [0.25, 0.3) is 0 Å². The third kappa shape index (κ3) is 3.59. The van der Waals surface area contributed by atoms with Gasteiger partial charge in [-0.2, -0.15) is 0 Å². The zero-order valence-corrected chi connectivity index (χ0v) is 17.2. The predicted octanol–water partition coefficient (Wildman–Crippen LogP) is 5.74. The predicted molar refractivity (Wildman–Crippen MR) is 107 cm³/mol. The number of ether oxygens (including phenoxy) is 2. The van der Waals surface area contributed by atoms with E-state index in [1.165, 1.54) is 5.57 Å². The molecule has 0 spiro atoms. The summed E-state index contributed by atoms with van der Waals surface area (Å²) < 4.78 is 12.2.